The summed E-state index contributed by atoms with van der Waals surface area (Å²) in [6.45, 7) is 4.29. The second kappa shape index (κ2) is 10.3. The van der Waals surface area contributed by atoms with Gasteiger partial charge in [-0.15, -0.1) is 0 Å². The highest BCUT2D eigenvalue weighted by atomic mass is 19.1. The molecule has 3 atom stereocenters. The Morgan fingerprint density at radius 1 is 1.29 bits per heavy atom. The Bertz CT molecular complexity index is 1130. The third-order valence-corrected chi connectivity index (χ3v) is 6.36. The zero-order valence-corrected chi connectivity index (χ0v) is 19.4. The summed E-state index contributed by atoms with van der Waals surface area (Å²) in [6.07, 6.45) is -0.139. The molecule has 2 aliphatic heterocycles. The maximum absolute atomic E-state index is 15.0. The first-order chi connectivity index (χ1) is 16.4. The van der Waals surface area contributed by atoms with E-state index in [0.717, 1.165) is 17.8 Å². The summed E-state index contributed by atoms with van der Waals surface area (Å²) in [7, 11) is 1.94. The summed E-state index contributed by atoms with van der Waals surface area (Å²) in [5.74, 6) is -0.410. The summed E-state index contributed by atoms with van der Waals surface area (Å²) in [6, 6.07) is 11.6. The van der Waals surface area contributed by atoms with Crippen LogP contribution in [0.2, 0.25) is 0 Å². The Hall–Kier alpha value is -3.28. The molecule has 0 bridgehead atoms. The van der Waals surface area contributed by atoms with Crippen LogP contribution in [0.4, 0.5) is 10.1 Å². The van der Waals surface area contributed by atoms with E-state index in [1.165, 1.54) is 6.07 Å². The molecule has 0 spiro atoms. The van der Waals surface area contributed by atoms with Gasteiger partial charge in [-0.25, -0.2) is 4.39 Å². The molecule has 0 aromatic heterocycles. The van der Waals surface area contributed by atoms with E-state index in [2.05, 4.69) is 10.6 Å². The number of ether oxygens (including phenoxy) is 1. The number of rotatable bonds is 5. The third kappa shape index (κ3) is 5.27. The van der Waals surface area contributed by atoms with Crippen LogP contribution in [0.25, 0.3) is 11.1 Å². The number of ketones is 1. The fourth-order valence-electron chi connectivity index (χ4n) is 4.32. The summed E-state index contributed by atoms with van der Waals surface area (Å²) in [5, 5.41) is 15.4. The van der Waals surface area contributed by atoms with Crippen molar-refractivity contribution in [1.82, 2.24) is 10.6 Å². The standard InChI is InChI=1S/C26H29FN4O3/c1-16-13-29-14-25(34-15-16)26(33)30-20(12-28)9-19-4-3-17(10-22(19)27)18-5-6-21-23(11-18)31(2)8-7-24(21)32/h3-6,10-11,16,20,25,29H,7-9,13-15H2,1-2H3,(H,30,33)/t16-,20-,25-/m0/s1. The van der Waals surface area contributed by atoms with E-state index in [4.69, 9.17) is 4.74 Å². The zero-order chi connectivity index (χ0) is 24.2. The first kappa shape index (κ1) is 23.9. The highest BCUT2D eigenvalue weighted by Gasteiger charge is 2.26. The number of nitrogens with one attached hydrogen (secondary N) is 2. The predicted molar refractivity (Wildman–Crippen MR) is 127 cm³/mol. The number of benzene rings is 2. The molecule has 4 rings (SSSR count). The van der Waals surface area contributed by atoms with Gasteiger partial charge in [-0.3, -0.25) is 9.59 Å². The molecule has 1 saturated heterocycles. The number of anilines is 1. The van der Waals surface area contributed by atoms with Gasteiger partial charge in [0.05, 0.1) is 12.7 Å². The number of nitrogens with zero attached hydrogens (tertiary/aromatic N) is 2. The van der Waals surface area contributed by atoms with Crippen molar-refractivity contribution in [3.8, 4) is 17.2 Å². The number of fused-ring (bicyclic) bond motifs is 1. The molecule has 1 amide bonds. The molecule has 34 heavy (non-hydrogen) atoms. The molecule has 2 heterocycles. The van der Waals surface area contributed by atoms with E-state index in [-0.39, 0.29) is 18.1 Å². The average Bonchev–Trinajstić information content (AvgIpc) is 3.06. The van der Waals surface area contributed by atoms with Crippen molar-refractivity contribution in [2.75, 3.05) is 38.2 Å². The van der Waals surface area contributed by atoms with Gasteiger partial charge in [0.15, 0.2) is 5.78 Å². The Morgan fingerprint density at radius 3 is 2.82 bits per heavy atom. The molecule has 178 valence electrons. The molecule has 8 heteroatoms. The number of hydrogen-bond acceptors (Lipinski definition) is 6. The van der Waals surface area contributed by atoms with E-state index in [0.29, 0.717) is 48.7 Å². The van der Waals surface area contributed by atoms with E-state index >= 15 is 0 Å². The highest BCUT2D eigenvalue weighted by molar-refractivity contribution is 6.04. The Kier molecular flexibility index (Phi) is 7.25. The van der Waals surface area contributed by atoms with Crippen LogP contribution in [0, 0.1) is 23.1 Å². The van der Waals surface area contributed by atoms with Gasteiger partial charge in [0.1, 0.15) is 18.0 Å². The minimum Gasteiger partial charge on any atom is -0.374 e. The van der Waals surface area contributed by atoms with Crippen LogP contribution in [0.1, 0.15) is 29.3 Å². The second-order valence-corrected chi connectivity index (χ2v) is 9.11. The van der Waals surface area contributed by atoms with Crippen molar-refractivity contribution < 1.29 is 18.7 Å². The minimum absolute atomic E-state index is 0.0479. The van der Waals surface area contributed by atoms with Crippen LogP contribution in [0.15, 0.2) is 36.4 Å². The van der Waals surface area contributed by atoms with Crippen molar-refractivity contribution >= 4 is 17.4 Å². The lowest BCUT2D eigenvalue weighted by atomic mass is 9.95. The van der Waals surface area contributed by atoms with Gasteiger partial charge in [-0.2, -0.15) is 5.26 Å². The molecular formula is C26H29FN4O3. The predicted octanol–water partition coefficient (Wildman–Crippen LogP) is 2.69. The van der Waals surface area contributed by atoms with Gasteiger partial charge in [-0.05, 0) is 40.8 Å². The van der Waals surface area contributed by atoms with E-state index in [1.807, 2.05) is 37.1 Å². The topological polar surface area (TPSA) is 94.5 Å². The van der Waals surface area contributed by atoms with Crippen LogP contribution in [-0.2, 0) is 16.0 Å². The van der Waals surface area contributed by atoms with E-state index in [1.54, 1.807) is 18.2 Å². The van der Waals surface area contributed by atoms with Crippen molar-refractivity contribution in [3.05, 3.63) is 53.3 Å². The molecule has 0 saturated carbocycles. The van der Waals surface area contributed by atoms with E-state index < -0.39 is 18.0 Å². The Labute approximate surface area is 198 Å². The van der Waals surface area contributed by atoms with Crippen LogP contribution in [-0.4, -0.2) is 57.1 Å². The first-order valence-electron chi connectivity index (χ1n) is 11.5. The summed E-state index contributed by atoms with van der Waals surface area (Å²) in [5.41, 5.74) is 3.36. The lowest BCUT2D eigenvalue weighted by Crippen LogP contribution is -2.46. The monoisotopic (exact) mass is 464 g/mol. The molecule has 1 fully saturated rings. The maximum Gasteiger partial charge on any atom is 0.251 e. The molecule has 0 radical (unpaired) electrons. The molecule has 7 nitrogen and oxygen atoms in total. The molecule has 2 N–H and O–H groups in total. The van der Waals surface area contributed by atoms with Gasteiger partial charge in [-0.1, -0.05) is 25.1 Å². The number of amides is 1. The van der Waals surface area contributed by atoms with Gasteiger partial charge < -0.3 is 20.3 Å². The minimum atomic E-state index is -0.875. The lowest BCUT2D eigenvalue weighted by Gasteiger charge is -2.27. The van der Waals surface area contributed by atoms with Gasteiger partial charge >= 0.3 is 0 Å². The third-order valence-electron chi connectivity index (χ3n) is 6.36. The smallest absolute Gasteiger partial charge is 0.251 e. The fraction of sp³-hybridized carbons (Fsp3) is 0.423. The van der Waals surface area contributed by atoms with Gasteiger partial charge in [0.25, 0.3) is 5.91 Å². The van der Waals surface area contributed by atoms with Crippen LogP contribution >= 0.6 is 0 Å². The Balaban J connectivity index is 1.46. The lowest BCUT2D eigenvalue weighted by molar-refractivity contribution is -0.132. The number of Topliss-reactive ketones (excluding diaryl/α,β-unsaturated/α-hetero) is 1. The summed E-state index contributed by atoms with van der Waals surface area (Å²) in [4.78, 5) is 26.7. The number of halogens is 1. The number of carbonyl (C=O) groups is 2. The largest absolute Gasteiger partial charge is 0.374 e. The average molecular weight is 465 g/mol. The summed E-state index contributed by atoms with van der Waals surface area (Å²) < 4.78 is 20.6. The van der Waals surface area contributed by atoms with Gasteiger partial charge in [0.2, 0.25) is 0 Å². The van der Waals surface area contributed by atoms with Crippen molar-refractivity contribution in [1.29, 1.82) is 5.26 Å². The molecule has 0 unspecified atom stereocenters. The quantitative estimate of drug-likeness (QED) is 0.707. The highest BCUT2D eigenvalue weighted by Crippen LogP contribution is 2.32. The molecule has 2 aromatic rings. The summed E-state index contributed by atoms with van der Waals surface area (Å²) >= 11 is 0. The SMILES string of the molecule is C[C@H]1CNC[C@@H](C(=O)N[C@H](C#N)Cc2ccc(-c3ccc4c(c3)N(C)CCC4=O)cc2F)OC1. The Morgan fingerprint density at radius 2 is 2.06 bits per heavy atom. The molecule has 2 aromatic carbocycles. The second-order valence-electron chi connectivity index (χ2n) is 9.11. The van der Waals surface area contributed by atoms with E-state index in [9.17, 15) is 19.2 Å². The molecule has 0 aliphatic carbocycles. The first-order valence-corrected chi connectivity index (χ1v) is 11.5. The maximum atomic E-state index is 15.0. The van der Waals surface area contributed by atoms with Crippen molar-refractivity contribution in [3.63, 3.8) is 0 Å². The number of nitriles is 1. The van der Waals surface area contributed by atoms with Crippen LogP contribution in [0.5, 0.6) is 0 Å². The number of carbonyl (C=O) groups excluding carboxylic acids is 2. The zero-order valence-electron chi connectivity index (χ0n) is 19.4. The van der Waals surface area contributed by atoms with Crippen molar-refractivity contribution in [2.24, 2.45) is 5.92 Å². The molecule has 2 aliphatic rings. The van der Waals surface area contributed by atoms with Crippen LogP contribution < -0.4 is 15.5 Å². The fourth-order valence-corrected chi connectivity index (χ4v) is 4.32. The normalized spacial score (nSPS) is 21.2. The van der Waals surface area contributed by atoms with Gasteiger partial charge in [0, 0.05) is 50.8 Å². The van der Waals surface area contributed by atoms with Crippen LogP contribution in [0.3, 0.4) is 0 Å². The molecular weight excluding hydrogens is 435 g/mol. The van der Waals surface area contributed by atoms with Crippen molar-refractivity contribution in [2.45, 2.75) is 31.9 Å². The number of hydrogen-bond donors (Lipinski definition) is 2.